The second-order valence-electron chi connectivity index (χ2n) is 7.34. The first-order valence-electron chi connectivity index (χ1n) is 9.53. The maximum absolute atomic E-state index is 13.1. The van der Waals surface area contributed by atoms with Gasteiger partial charge in [0, 0.05) is 31.2 Å². The lowest BCUT2D eigenvalue weighted by Gasteiger charge is -2.47. The molecule has 5 heteroatoms. The van der Waals surface area contributed by atoms with Gasteiger partial charge in [-0.15, -0.1) is 0 Å². The molecule has 0 unspecified atom stereocenters. The van der Waals surface area contributed by atoms with E-state index in [1.54, 1.807) is 7.11 Å². The van der Waals surface area contributed by atoms with Gasteiger partial charge in [-0.25, -0.2) is 0 Å². The second-order valence-corrected chi connectivity index (χ2v) is 7.34. The second kappa shape index (κ2) is 7.71. The standard InChI is InChI=1S/C22H26N2O3/c1-16-14-27-15-20-13-23(9-10-24(16)20)22(25)19-7-3-5-17(11-19)18-6-4-8-21(12-18)26-2/h3-8,11-12,16,20H,9-10,13-15H2,1-2H3/t16-,20+/m0/s1. The summed E-state index contributed by atoms with van der Waals surface area (Å²) < 4.78 is 11.0. The minimum absolute atomic E-state index is 0.0950. The number of rotatable bonds is 3. The number of morpholine rings is 1. The Labute approximate surface area is 160 Å². The van der Waals surface area contributed by atoms with E-state index >= 15 is 0 Å². The molecule has 0 radical (unpaired) electrons. The lowest BCUT2D eigenvalue weighted by atomic mass is 10.0. The first-order chi connectivity index (χ1) is 13.2. The van der Waals surface area contributed by atoms with Crippen LogP contribution in [0.5, 0.6) is 5.75 Å². The number of fused-ring (bicyclic) bond motifs is 1. The molecular formula is C22H26N2O3. The van der Waals surface area contributed by atoms with Crippen molar-refractivity contribution in [1.82, 2.24) is 9.80 Å². The van der Waals surface area contributed by atoms with Crippen molar-refractivity contribution in [2.75, 3.05) is 40.0 Å². The molecule has 2 heterocycles. The zero-order valence-electron chi connectivity index (χ0n) is 15.9. The number of amides is 1. The van der Waals surface area contributed by atoms with E-state index < -0.39 is 0 Å². The van der Waals surface area contributed by atoms with Gasteiger partial charge in [0.15, 0.2) is 0 Å². The highest BCUT2D eigenvalue weighted by molar-refractivity contribution is 5.95. The van der Waals surface area contributed by atoms with Gasteiger partial charge < -0.3 is 14.4 Å². The zero-order chi connectivity index (χ0) is 18.8. The first-order valence-corrected chi connectivity index (χ1v) is 9.53. The van der Waals surface area contributed by atoms with E-state index in [0.717, 1.165) is 48.7 Å². The monoisotopic (exact) mass is 366 g/mol. The molecule has 142 valence electrons. The molecule has 0 spiro atoms. The maximum Gasteiger partial charge on any atom is 0.253 e. The predicted octanol–water partition coefficient (Wildman–Crippen LogP) is 2.91. The van der Waals surface area contributed by atoms with Crippen LogP contribution < -0.4 is 4.74 Å². The molecule has 5 nitrogen and oxygen atoms in total. The van der Waals surface area contributed by atoms with Crippen LogP contribution in [-0.2, 0) is 4.74 Å². The highest BCUT2D eigenvalue weighted by Gasteiger charge is 2.35. The van der Waals surface area contributed by atoms with Crippen LogP contribution in [0.3, 0.4) is 0 Å². The van der Waals surface area contributed by atoms with Crippen LogP contribution in [-0.4, -0.2) is 67.7 Å². The molecule has 2 atom stereocenters. The summed E-state index contributed by atoms with van der Waals surface area (Å²) in [4.78, 5) is 17.5. The van der Waals surface area contributed by atoms with Crippen molar-refractivity contribution in [3.05, 3.63) is 54.1 Å². The molecule has 0 N–H and O–H groups in total. The molecule has 0 aliphatic carbocycles. The first kappa shape index (κ1) is 18.0. The molecule has 2 aromatic carbocycles. The predicted molar refractivity (Wildman–Crippen MR) is 105 cm³/mol. The fraction of sp³-hybridized carbons (Fsp3) is 0.409. The Morgan fingerprint density at radius 1 is 1.07 bits per heavy atom. The van der Waals surface area contributed by atoms with E-state index in [2.05, 4.69) is 11.8 Å². The van der Waals surface area contributed by atoms with Crippen LogP contribution in [0.25, 0.3) is 11.1 Å². The van der Waals surface area contributed by atoms with Crippen molar-refractivity contribution >= 4 is 5.91 Å². The molecule has 1 amide bonds. The van der Waals surface area contributed by atoms with Gasteiger partial charge >= 0.3 is 0 Å². The molecule has 2 aliphatic heterocycles. The largest absolute Gasteiger partial charge is 0.497 e. The van der Waals surface area contributed by atoms with Gasteiger partial charge in [-0.1, -0.05) is 24.3 Å². The van der Waals surface area contributed by atoms with Crippen LogP contribution in [0.2, 0.25) is 0 Å². The van der Waals surface area contributed by atoms with E-state index in [0.29, 0.717) is 18.7 Å². The summed E-state index contributed by atoms with van der Waals surface area (Å²) in [7, 11) is 1.66. The number of ether oxygens (including phenoxy) is 2. The van der Waals surface area contributed by atoms with E-state index in [4.69, 9.17) is 9.47 Å². The number of methoxy groups -OCH3 is 1. The fourth-order valence-electron chi connectivity index (χ4n) is 4.07. The summed E-state index contributed by atoms with van der Waals surface area (Å²) in [5.41, 5.74) is 2.80. The van der Waals surface area contributed by atoms with Crippen molar-refractivity contribution in [3.8, 4) is 16.9 Å². The molecule has 2 saturated heterocycles. The quantitative estimate of drug-likeness (QED) is 0.838. The Bertz CT molecular complexity index is 823. The summed E-state index contributed by atoms with van der Waals surface area (Å²) in [5.74, 6) is 0.907. The molecule has 2 aliphatic rings. The Hall–Kier alpha value is -2.37. The zero-order valence-corrected chi connectivity index (χ0v) is 15.9. The Balaban J connectivity index is 1.52. The van der Waals surface area contributed by atoms with Gasteiger partial charge in [-0.3, -0.25) is 9.69 Å². The number of piperazine rings is 1. The van der Waals surface area contributed by atoms with Crippen molar-refractivity contribution in [1.29, 1.82) is 0 Å². The highest BCUT2D eigenvalue weighted by Crippen LogP contribution is 2.26. The summed E-state index contributed by atoms with van der Waals surface area (Å²) >= 11 is 0. The van der Waals surface area contributed by atoms with Gasteiger partial charge in [0.05, 0.1) is 26.4 Å². The normalized spacial score (nSPS) is 23.0. The maximum atomic E-state index is 13.1. The highest BCUT2D eigenvalue weighted by atomic mass is 16.5. The molecule has 2 fully saturated rings. The smallest absolute Gasteiger partial charge is 0.253 e. The van der Waals surface area contributed by atoms with E-state index in [1.165, 1.54) is 0 Å². The van der Waals surface area contributed by atoms with Crippen molar-refractivity contribution in [2.45, 2.75) is 19.0 Å². The van der Waals surface area contributed by atoms with Gasteiger partial charge in [0.25, 0.3) is 5.91 Å². The van der Waals surface area contributed by atoms with Crippen molar-refractivity contribution < 1.29 is 14.3 Å². The summed E-state index contributed by atoms with van der Waals surface area (Å²) in [6.45, 7) is 6.10. The third kappa shape index (κ3) is 3.70. The summed E-state index contributed by atoms with van der Waals surface area (Å²) in [6.07, 6.45) is 0. The molecule has 0 bridgehead atoms. The van der Waals surface area contributed by atoms with Gasteiger partial charge in [0.2, 0.25) is 0 Å². The van der Waals surface area contributed by atoms with Gasteiger partial charge in [0.1, 0.15) is 5.75 Å². The fourth-order valence-corrected chi connectivity index (χ4v) is 4.07. The minimum atomic E-state index is 0.0950. The lowest BCUT2D eigenvalue weighted by Crippen LogP contribution is -2.62. The number of carbonyl (C=O) groups is 1. The number of nitrogens with zero attached hydrogens (tertiary/aromatic N) is 2. The van der Waals surface area contributed by atoms with Crippen LogP contribution >= 0.6 is 0 Å². The van der Waals surface area contributed by atoms with Crippen LogP contribution in [0.1, 0.15) is 17.3 Å². The third-order valence-electron chi connectivity index (χ3n) is 5.56. The van der Waals surface area contributed by atoms with E-state index in [-0.39, 0.29) is 5.91 Å². The Kier molecular flexibility index (Phi) is 5.14. The summed E-state index contributed by atoms with van der Waals surface area (Å²) in [6, 6.07) is 16.5. The van der Waals surface area contributed by atoms with E-state index in [1.807, 2.05) is 53.4 Å². The molecule has 4 rings (SSSR count). The van der Waals surface area contributed by atoms with E-state index in [9.17, 15) is 4.79 Å². The van der Waals surface area contributed by atoms with Crippen molar-refractivity contribution in [3.63, 3.8) is 0 Å². The third-order valence-corrected chi connectivity index (χ3v) is 5.56. The topological polar surface area (TPSA) is 42.0 Å². The molecule has 27 heavy (non-hydrogen) atoms. The van der Waals surface area contributed by atoms with Gasteiger partial charge in [-0.05, 0) is 42.3 Å². The molecule has 2 aromatic rings. The minimum Gasteiger partial charge on any atom is -0.497 e. The number of hydrogen-bond donors (Lipinski definition) is 0. The average Bonchev–Trinajstić information content (AvgIpc) is 2.73. The SMILES string of the molecule is COc1cccc(-c2cccc(C(=O)N3CCN4[C@@H](COC[C@@H]4C)C3)c2)c1. The number of benzene rings is 2. The van der Waals surface area contributed by atoms with Crippen LogP contribution in [0.4, 0.5) is 0 Å². The van der Waals surface area contributed by atoms with Crippen LogP contribution in [0.15, 0.2) is 48.5 Å². The number of carbonyl (C=O) groups excluding carboxylic acids is 1. The van der Waals surface area contributed by atoms with Gasteiger partial charge in [-0.2, -0.15) is 0 Å². The molecule has 0 saturated carbocycles. The Morgan fingerprint density at radius 3 is 2.67 bits per heavy atom. The average molecular weight is 366 g/mol. The number of hydrogen-bond acceptors (Lipinski definition) is 4. The van der Waals surface area contributed by atoms with Crippen LogP contribution in [0, 0.1) is 0 Å². The summed E-state index contributed by atoms with van der Waals surface area (Å²) in [5, 5.41) is 0. The molecule has 0 aromatic heterocycles. The molecular weight excluding hydrogens is 340 g/mol. The Morgan fingerprint density at radius 2 is 1.85 bits per heavy atom. The lowest BCUT2D eigenvalue weighted by molar-refractivity contribution is -0.0699. The van der Waals surface area contributed by atoms with Crippen molar-refractivity contribution in [2.24, 2.45) is 0 Å².